The predicted octanol–water partition coefficient (Wildman–Crippen LogP) is 2.73. The molecule has 0 aliphatic rings. The van der Waals surface area contributed by atoms with Crippen molar-refractivity contribution < 1.29 is 9.47 Å². The summed E-state index contributed by atoms with van der Waals surface area (Å²) >= 11 is 1.64. The van der Waals surface area contributed by atoms with Gasteiger partial charge in [0.15, 0.2) is 11.5 Å². The summed E-state index contributed by atoms with van der Waals surface area (Å²) in [5, 5.41) is 3.59. The van der Waals surface area contributed by atoms with Gasteiger partial charge >= 0.3 is 0 Å². The first-order valence-corrected chi connectivity index (χ1v) is 9.20. The van der Waals surface area contributed by atoms with Crippen LogP contribution in [0.1, 0.15) is 23.4 Å². The van der Waals surface area contributed by atoms with E-state index in [1.807, 2.05) is 6.92 Å². The summed E-state index contributed by atoms with van der Waals surface area (Å²) < 4.78 is 10.6. The lowest BCUT2D eigenvalue weighted by molar-refractivity contribution is 0.262. The molecule has 138 valence electrons. The molecule has 2 aromatic heterocycles. The Kier molecular flexibility index (Phi) is 5.53. The minimum Gasteiger partial charge on any atom is -0.493 e. The molecular weight excluding hydrogens is 352 g/mol. The van der Waals surface area contributed by atoms with Crippen molar-refractivity contribution in [1.82, 2.24) is 19.9 Å². The molecule has 0 bridgehead atoms. The largest absolute Gasteiger partial charge is 0.493 e. The number of thiazole rings is 1. The van der Waals surface area contributed by atoms with Crippen molar-refractivity contribution in [2.45, 2.75) is 26.9 Å². The summed E-state index contributed by atoms with van der Waals surface area (Å²) in [6.07, 6.45) is 0. The summed E-state index contributed by atoms with van der Waals surface area (Å²) in [5.74, 6) is 1.67. The Morgan fingerprint density at radius 2 is 1.88 bits per heavy atom. The standard InChI is InChI=1S/C18H22N4O3S/c1-5-22(8-12-10-26-11(2)19-12)9-17-20-14-7-16(25-4)15(24-3)6-13(14)18(23)21-17/h6-7,10H,5,8-9H2,1-4H3,(H,20,21,23). The van der Waals surface area contributed by atoms with E-state index in [1.165, 1.54) is 0 Å². The number of hydrogen-bond donors (Lipinski definition) is 1. The molecule has 3 aromatic rings. The molecule has 0 amide bonds. The lowest BCUT2D eigenvalue weighted by atomic mass is 10.2. The molecule has 1 N–H and O–H groups in total. The summed E-state index contributed by atoms with van der Waals surface area (Å²) in [6, 6.07) is 3.38. The van der Waals surface area contributed by atoms with E-state index >= 15 is 0 Å². The molecule has 0 atom stereocenters. The van der Waals surface area contributed by atoms with Crippen LogP contribution in [0.25, 0.3) is 10.9 Å². The van der Waals surface area contributed by atoms with Gasteiger partial charge in [-0.25, -0.2) is 9.97 Å². The summed E-state index contributed by atoms with van der Waals surface area (Å²) in [4.78, 5) is 26.6. The van der Waals surface area contributed by atoms with Crippen LogP contribution in [-0.2, 0) is 13.1 Å². The van der Waals surface area contributed by atoms with Crippen molar-refractivity contribution in [2.75, 3.05) is 20.8 Å². The number of fused-ring (bicyclic) bond motifs is 1. The molecule has 0 saturated carbocycles. The Morgan fingerprint density at radius 1 is 1.15 bits per heavy atom. The highest BCUT2D eigenvalue weighted by Crippen LogP contribution is 2.29. The molecule has 0 radical (unpaired) electrons. The van der Waals surface area contributed by atoms with Crippen LogP contribution in [0.2, 0.25) is 0 Å². The van der Waals surface area contributed by atoms with E-state index in [4.69, 9.17) is 9.47 Å². The zero-order valence-electron chi connectivity index (χ0n) is 15.3. The van der Waals surface area contributed by atoms with E-state index in [2.05, 4.69) is 32.2 Å². The Bertz CT molecular complexity index is 967. The number of nitrogens with zero attached hydrogens (tertiary/aromatic N) is 3. The van der Waals surface area contributed by atoms with Crippen molar-refractivity contribution in [3.8, 4) is 11.5 Å². The highest BCUT2D eigenvalue weighted by atomic mass is 32.1. The molecule has 7 nitrogen and oxygen atoms in total. The molecule has 0 spiro atoms. The first kappa shape index (κ1) is 18.3. The van der Waals surface area contributed by atoms with Crippen LogP contribution in [0.4, 0.5) is 0 Å². The van der Waals surface area contributed by atoms with Gasteiger partial charge in [-0.2, -0.15) is 0 Å². The van der Waals surface area contributed by atoms with Crippen LogP contribution in [0.15, 0.2) is 22.3 Å². The van der Waals surface area contributed by atoms with Crippen molar-refractivity contribution in [2.24, 2.45) is 0 Å². The van der Waals surface area contributed by atoms with E-state index in [-0.39, 0.29) is 5.56 Å². The van der Waals surface area contributed by atoms with Gasteiger partial charge in [0.1, 0.15) is 5.82 Å². The molecule has 0 saturated heterocycles. The van der Waals surface area contributed by atoms with E-state index in [9.17, 15) is 4.79 Å². The van der Waals surface area contributed by atoms with Crippen LogP contribution in [0.5, 0.6) is 11.5 Å². The Hall–Kier alpha value is -2.45. The van der Waals surface area contributed by atoms with E-state index < -0.39 is 0 Å². The third-order valence-corrected chi connectivity index (χ3v) is 4.95. The Balaban J connectivity index is 1.90. The molecule has 1 aromatic carbocycles. The number of methoxy groups -OCH3 is 2. The zero-order valence-corrected chi connectivity index (χ0v) is 16.1. The van der Waals surface area contributed by atoms with Crippen LogP contribution in [0, 0.1) is 6.92 Å². The number of hydrogen-bond acceptors (Lipinski definition) is 7. The van der Waals surface area contributed by atoms with Gasteiger partial charge in [0.25, 0.3) is 5.56 Å². The van der Waals surface area contributed by atoms with Crippen LogP contribution in [0.3, 0.4) is 0 Å². The predicted molar refractivity (Wildman–Crippen MR) is 102 cm³/mol. The van der Waals surface area contributed by atoms with Crippen molar-refractivity contribution in [3.63, 3.8) is 0 Å². The number of benzene rings is 1. The number of aromatic nitrogens is 3. The molecule has 3 rings (SSSR count). The average Bonchev–Trinajstić information content (AvgIpc) is 3.04. The Labute approximate surface area is 155 Å². The molecule has 26 heavy (non-hydrogen) atoms. The molecular formula is C18H22N4O3S. The second-order valence-corrected chi connectivity index (χ2v) is 6.96. The number of ether oxygens (including phenoxy) is 2. The Morgan fingerprint density at radius 3 is 2.50 bits per heavy atom. The fraction of sp³-hybridized carbons (Fsp3) is 0.389. The third kappa shape index (κ3) is 3.86. The van der Waals surface area contributed by atoms with Crippen LogP contribution < -0.4 is 15.0 Å². The van der Waals surface area contributed by atoms with E-state index in [1.54, 1.807) is 37.7 Å². The third-order valence-electron chi connectivity index (χ3n) is 4.13. The lowest BCUT2D eigenvalue weighted by Gasteiger charge is -2.18. The van der Waals surface area contributed by atoms with Gasteiger partial charge in [0.2, 0.25) is 0 Å². The quantitative estimate of drug-likeness (QED) is 0.685. The van der Waals surface area contributed by atoms with Gasteiger partial charge in [0, 0.05) is 18.0 Å². The summed E-state index contributed by atoms with van der Waals surface area (Å²) in [5.41, 5.74) is 1.43. The first-order chi connectivity index (χ1) is 12.5. The van der Waals surface area contributed by atoms with Crippen molar-refractivity contribution in [1.29, 1.82) is 0 Å². The van der Waals surface area contributed by atoms with Gasteiger partial charge < -0.3 is 14.5 Å². The fourth-order valence-corrected chi connectivity index (χ4v) is 3.39. The highest BCUT2D eigenvalue weighted by molar-refractivity contribution is 7.09. The topological polar surface area (TPSA) is 80.3 Å². The zero-order chi connectivity index (χ0) is 18.7. The number of nitrogens with one attached hydrogen (secondary N) is 1. The molecule has 0 aliphatic carbocycles. The smallest absolute Gasteiger partial charge is 0.258 e. The second kappa shape index (κ2) is 7.84. The first-order valence-electron chi connectivity index (χ1n) is 8.32. The van der Waals surface area contributed by atoms with Gasteiger partial charge in [-0.3, -0.25) is 9.69 Å². The SMILES string of the molecule is CCN(Cc1csc(C)n1)Cc1nc2cc(OC)c(OC)cc2c(=O)[nH]1. The maximum Gasteiger partial charge on any atom is 0.258 e. The number of H-pyrrole nitrogens is 1. The average molecular weight is 374 g/mol. The van der Waals surface area contributed by atoms with Gasteiger partial charge in [-0.05, 0) is 19.5 Å². The minimum absolute atomic E-state index is 0.188. The fourth-order valence-electron chi connectivity index (χ4n) is 2.79. The van der Waals surface area contributed by atoms with Gasteiger partial charge in [0.05, 0.1) is 42.4 Å². The normalized spacial score (nSPS) is 11.3. The maximum atomic E-state index is 12.5. The molecule has 2 heterocycles. The van der Waals surface area contributed by atoms with Crippen molar-refractivity contribution >= 4 is 22.2 Å². The van der Waals surface area contributed by atoms with E-state index in [0.29, 0.717) is 41.3 Å². The summed E-state index contributed by atoms with van der Waals surface area (Å²) in [6.45, 7) is 6.14. The minimum atomic E-state index is -0.188. The van der Waals surface area contributed by atoms with Crippen LogP contribution in [-0.4, -0.2) is 40.6 Å². The molecule has 0 aliphatic heterocycles. The van der Waals surface area contributed by atoms with E-state index in [0.717, 1.165) is 17.2 Å². The number of aryl methyl sites for hydroxylation is 1. The monoisotopic (exact) mass is 374 g/mol. The highest BCUT2D eigenvalue weighted by Gasteiger charge is 2.13. The summed E-state index contributed by atoms with van der Waals surface area (Å²) in [7, 11) is 3.10. The van der Waals surface area contributed by atoms with Crippen molar-refractivity contribution in [3.05, 3.63) is 44.4 Å². The number of aromatic amines is 1. The van der Waals surface area contributed by atoms with Crippen LogP contribution >= 0.6 is 11.3 Å². The molecule has 0 fully saturated rings. The maximum absolute atomic E-state index is 12.5. The molecule has 0 unspecified atom stereocenters. The molecule has 8 heteroatoms. The number of rotatable bonds is 7. The van der Waals surface area contributed by atoms with Gasteiger partial charge in [-0.15, -0.1) is 11.3 Å². The van der Waals surface area contributed by atoms with Gasteiger partial charge in [-0.1, -0.05) is 6.92 Å². The second-order valence-electron chi connectivity index (χ2n) is 5.90. The lowest BCUT2D eigenvalue weighted by Crippen LogP contribution is -2.25.